The van der Waals surface area contributed by atoms with Gasteiger partial charge in [-0.05, 0) is 89.5 Å². The minimum absolute atomic E-state index is 0.0249. The second-order valence-corrected chi connectivity index (χ2v) is 23.2. The van der Waals surface area contributed by atoms with E-state index in [1.54, 1.807) is 0 Å². The Hall–Kier alpha value is -2.29. The standard InChI is InChI=1S/C63H117N2O7P/c1-7-10-13-16-19-22-25-28-30-31-32-33-34-35-36-37-40-43-46-49-52-55-62(66)64-60(59-71-73(68,69)70-58-57-65(4,5)6)61(54-51-48-45-42-39-27-24-21-18-15-12-9-3)72-63(67)56-53-50-47-44-41-38-29-26-23-20-17-14-11-8-2/h11,14,19-20,22-23,28,30,51,54,60-61H,7-10,12-13,15-18,21,24-27,29,31-50,52-53,55-59H2,1-6H3,(H-,64,66,68,69)/b14-11+,22-19-,23-20+,30-28-,54-51-. The maximum Gasteiger partial charge on any atom is 0.306 e. The van der Waals surface area contributed by atoms with Crippen LogP contribution in [0.4, 0.5) is 0 Å². The molecule has 73 heavy (non-hydrogen) atoms. The van der Waals surface area contributed by atoms with Crippen LogP contribution in [-0.4, -0.2) is 69.4 Å². The normalized spacial score (nSPS) is 14.1. The highest BCUT2D eigenvalue weighted by Gasteiger charge is 2.27. The van der Waals surface area contributed by atoms with Crippen LogP contribution in [0.25, 0.3) is 0 Å². The van der Waals surface area contributed by atoms with Gasteiger partial charge < -0.3 is 28.5 Å². The molecule has 0 aliphatic rings. The summed E-state index contributed by atoms with van der Waals surface area (Å²) >= 11 is 0. The third-order valence-corrected chi connectivity index (χ3v) is 14.4. The number of ether oxygens (including phenoxy) is 1. The van der Waals surface area contributed by atoms with E-state index in [-0.39, 0.29) is 24.9 Å². The number of phosphoric acid groups is 1. The average molecular weight is 1050 g/mol. The number of allylic oxidation sites excluding steroid dienone is 9. The van der Waals surface area contributed by atoms with Crippen LogP contribution in [0.3, 0.4) is 0 Å². The first kappa shape index (κ1) is 70.7. The number of hydrogen-bond donors (Lipinski definition) is 1. The number of amides is 1. The van der Waals surface area contributed by atoms with Gasteiger partial charge >= 0.3 is 5.97 Å². The van der Waals surface area contributed by atoms with Gasteiger partial charge in [0, 0.05) is 12.8 Å². The van der Waals surface area contributed by atoms with Crippen LogP contribution in [0.5, 0.6) is 0 Å². The van der Waals surface area contributed by atoms with Crippen molar-refractivity contribution < 1.29 is 37.3 Å². The van der Waals surface area contributed by atoms with Gasteiger partial charge in [0.15, 0.2) is 0 Å². The topological polar surface area (TPSA) is 114 Å². The molecule has 0 saturated heterocycles. The van der Waals surface area contributed by atoms with Crippen molar-refractivity contribution in [2.75, 3.05) is 40.9 Å². The molecule has 426 valence electrons. The van der Waals surface area contributed by atoms with Gasteiger partial charge in [-0.2, -0.15) is 0 Å². The van der Waals surface area contributed by atoms with Crippen molar-refractivity contribution in [1.82, 2.24) is 5.32 Å². The second-order valence-electron chi connectivity index (χ2n) is 21.8. The Morgan fingerprint density at radius 3 is 1.33 bits per heavy atom. The van der Waals surface area contributed by atoms with Crippen molar-refractivity contribution in [1.29, 1.82) is 0 Å². The van der Waals surface area contributed by atoms with E-state index in [4.69, 9.17) is 13.8 Å². The SMILES string of the molecule is CC/C=C/C/C=C/CCCCCCCCCC(=O)OC(/C=C\CCCCCCCCCCCC)C(COP(=O)([O-])OCC[N+](C)(C)C)NC(=O)CCCCCCCCCCCCC/C=C\C/C=C\CCCCC. The Kier molecular flexibility index (Phi) is 51.5. The number of quaternary nitrogens is 1. The van der Waals surface area contributed by atoms with Crippen molar-refractivity contribution in [3.05, 3.63) is 60.8 Å². The fourth-order valence-corrected chi connectivity index (χ4v) is 9.43. The van der Waals surface area contributed by atoms with Crippen LogP contribution in [0.2, 0.25) is 0 Å². The van der Waals surface area contributed by atoms with E-state index in [0.29, 0.717) is 17.4 Å². The van der Waals surface area contributed by atoms with Crippen LogP contribution < -0.4 is 10.2 Å². The van der Waals surface area contributed by atoms with Gasteiger partial charge in [-0.3, -0.25) is 14.2 Å². The minimum atomic E-state index is -4.70. The molecule has 1 amide bonds. The molecule has 0 heterocycles. The predicted octanol–water partition coefficient (Wildman–Crippen LogP) is 18.0. The summed E-state index contributed by atoms with van der Waals surface area (Å²) in [6.07, 6.45) is 66.1. The zero-order chi connectivity index (χ0) is 53.6. The van der Waals surface area contributed by atoms with E-state index in [1.807, 2.05) is 33.3 Å². The Balaban J connectivity index is 5.22. The third-order valence-electron chi connectivity index (χ3n) is 13.4. The molecule has 0 aliphatic heterocycles. The molecule has 0 aromatic rings. The summed E-state index contributed by atoms with van der Waals surface area (Å²) in [7, 11) is 1.18. The summed E-state index contributed by atoms with van der Waals surface area (Å²) < 4.78 is 30.3. The van der Waals surface area contributed by atoms with E-state index >= 15 is 0 Å². The smallest absolute Gasteiger partial charge is 0.306 e. The minimum Gasteiger partial charge on any atom is -0.756 e. The Morgan fingerprint density at radius 1 is 0.493 bits per heavy atom. The van der Waals surface area contributed by atoms with E-state index in [2.05, 4.69) is 74.7 Å². The molecular formula is C63H117N2O7P. The first-order valence-electron chi connectivity index (χ1n) is 30.6. The number of nitrogens with zero attached hydrogens (tertiary/aromatic N) is 1. The molecule has 0 aromatic heterocycles. The molecule has 9 nitrogen and oxygen atoms in total. The molecule has 0 aromatic carbocycles. The number of carbonyl (C=O) groups is 2. The predicted molar refractivity (Wildman–Crippen MR) is 312 cm³/mol. The lowest BCUT2D eigenvalue weighted by molar-refractivity contribution is -0.870. The first-order chi connectivity index (χ1) is 35.4. The summed E-state index contributed by atoms with van der Waals surface area (Å²) in [4.78, 5) is 39.9. The number of esters is 1. The van der Waals surface area contributed by atoms with Crippen LogP contribution in [0.15, 0.2) is 60.8 Å². The van der Waals surface area contributed by atoms with Crippen molar-refractivity contribution in [3.8, 4) is 0 Å². The molecule has 3 unspecified atom stereocenters. The lowest BCUT2D eigenvalue weighted by Crippen LogP contribution is -2.47. The highest BCUT2D eigenvalue weighted by atomic mass is 31.2. The molecule has 0 saturated carbocycles. The highest BCUT2D eigenvalue weighted by molar-refractivity contribution is 7.45. The molecule has 0 spiro atoms. The lowest BCUT2D eigenvalue weighted by atomic mass is 10.0. The zero-order valence-electron chi connectivity index (χ0n) is 48.6. The second kappa shape index (κ2) is 53.1. The van der Waals surface area contributed by atoms with Gasteiger partial charge in [-0.1, -0.05) is 236 Å². The number of unbranched alkanes of at least 4 members (excludes halogenated alkanes) is 31. The van der Waals surface area contributed by atoms with Gasteiger partial charge in [-0.15, -0.1) is 0 Å². The Morgan fingerprint density at radius 2 is 0.877 bits per heavy atom. The number of rotatable bonds is 55. The van der Waals surface area contributed by atoms with Gasteiger partial charge in [0.25, 0.3) is 7.82 Å². The molecule has 0 rings (SSSR count). The fraction of sp³-hybridized carbons (Fsp3) is 0.810. The van der Waals surface area contributed by atoms with Crippen molar-refractivity contribution >= 4 is 19.7 Å². The summed E-state index contributed by atoms with van der Waals surface area (Å²) in [6, 6.07) is -0.892. The molecule has 0 fully saturated rings. The third kappa shape index (κ3) is 54.3. The Labute approximate surface area is 451 Å². The summed E-state index contributed by atoms with van der Waals surface area (Å²) in [5.74, 6) is -0.549. The van der Waals surface area contributed by atoms with Crippen molar-refractivity contribution in [2.45, 2.75) is 290 Å². The Bertz CT molecular complexity index is 1440. The van der Waals surface area contributed by atoms with E-state index in [0.717, 1.165) is 89.9 Å². The van der Waals surface area contributed by atoms with Gasteiger partial charge in [0.05, 0.1) is 33.8 Å². The quantitative estimate of drug-likeness (QED) is 0.0212. The number of carbonyl (C=O) groups excluding carboxylic acids is 2. The lowest BCUT2D eigenvalue weighted by Gasteiger charge is -2.30. The summed E-state index contributed by atoms with van der Waals surface area (Å²) in [5, 5.41) is 3.03. The first-order valence-corrected chi connectivity index (χ1v) is 32.1. The maximum absolute atomic E-state index is 13.5. The molecule has 0 bridgehead atoms. The van der Waals surface area contributed by atoms with E-state index in [1.165, 1.54) is 154 Å². The largest absolute Gasteiger partial charge is 0.756 e. The molecule has 10 heteroatoms. The van der Waals surface area contributed by atoms with E-state index < -0.39 is 26.6 Å². The van der Waals surface area contributed by atoms with Gasteiger partial charge in [0.2, 0.25) is 5.91 Å². The summed E-state index contributed by atoms with van der Waals surface area (Å²) in [6.45, 7) is 6.72. The number of nitrogens with one attached hydrogen (secondary N) is 1. The van der Waals surface area contributed by atoms with Crippen LogP contribution in [-0.2, 0) is 27.9 Å². The van der Waals surface area contributed by atoms with Crippen LogP contribution in [0, 0.1) is 0 Å². The molecular weight excluding hydrogens is 928 g/mol. The van der Waals surface area contributed by atoms with Crippen LogP contribution >= 0.6 is 7.82 Å². The van der Waals surface area contributed by atoms with Crippen molar-refractivity contribution in [3.63, 3.8) is 0 Å². The number of phosphoric ester groups is 1. The average Bonchev–Trinajstić information content (AvgIpc) is 3.35. The maximum atomic E-state index is 13.5. The molecule has 0 radical (unpaired) electrons. The number of hydrogen-bond acceptors (Lipinski definition) is 7. The monoisotopic (exact) mass is 1040 g/mol. The summed E-state index contributed by atoms with van der Waals surface area (Å²) in [5.41, 5.74) is 0. The van der Waals surface area contributed by atoms with Gasteiger partial charge in [-0.25, -0.2) is 0 Å². The zero-order valence-corrected chi connectivity index (χ0v) is 49.5. The fourth-order valence-electron chi connectivity index (χ4n) is 8.71. The van der Waals surface area contributed by atoms with E-state index in [9.17, 15) is 19.0 Å². The van der Waals surface area contributed by atoms with Crippen LogP contribution in [0.1, 0.15) is 278 Å². The highest BCUT2D eigenvalue weighted by Crippen LogP contribution is 2.38. The molecule has 0 aliphatic carbocycles. The number of likely N-dealkylation sites (N-methyl/N-ethyl adjacent to an activating group) is 1. The van der Waals surface area contributed by atoms with Gasteiger partial charge in [0.1, 0.15) is 19.3 Å². The molecule has 1 N–H and O–H groups in total. The van der Waals surface area contributed by atoms with Crippen molar-refractivity contribution in [2.24, 2.45) is 0 Å². The molecule has 3 atom stereocenters.